The van der Waals surface area contributed by atoms with E-state index in [0.717, 1.165) is 0 Å². The van der Waals surface area contributed by atoms with Crippen LogP contribution in [0.25, 0.3) is 0 Å². The van der Waals surface area contributed by atoms with E-state index >= 15 is 0 Å². The van der Waals surface area contributed by atoms with Crippen molar-refractivity contribution in [2.45, 2.75) is 12.3 Å². The smallest absolute Gasteiger partial charge is 0.344 e. The van der Waals surface area contributed by atoms with Crippen LogP contribution in [0.2, 0.25) is 0 Å². The Labute approximate surface area is 123 Å². The van der Waals surface area contributed by atoms with Gasteiger partial charge in [0.1, 0.15) is 5.92 Å². The second-order valence-corrected chi connectivity index (χ2v) is 5.00. The van der Waals surface area contributed by atoms with Crippen LogP contribution in [0.1, 0.15) is 27.1 Å². The highest BCUT2D eigenvalue weighted by molar-refractivity contribution is 6.20. The van der Waals surface area contributed by atoms with Crippen molar-refractivity contribution in [3.63, 3.8) is 0 Å². The molecule has 6 nitrogen and oxygen atoms in total. The maximum atomic E-state index is 13.7. The van der Waals surface area contributed by atoms with Gasteiger partial charge in [0.25, 0.3) is 17.7 Å². The molecule has 8 heteroatoms. The first-order valence-corrected chi connectivity index (χ1v) is 6.57. The van der Waals surface area contributed by atoms with Gasteiger partial charge in [-0.25, -0.2) is 13.6 Å². The molecule has 0 aliphatic carbocycles. The molecule has 1 atom stereocenters. The SMILES string of the molecule is O=C(ON1C(=O)c2ccccc2C1=O)C1COCCC1(F)F. The van der Waals surface area contributed by atoms with Crippen LogP contribution in [-0.4, -0.2) is 42.0 Å². The fraction of sp³-hybridized carbons (Fsp3) is 0.357. The number of hydroxylamine groups is 2. The maximum absolute atomic E-state index is 13.7. The molecule has 0 aromatic heterocycles. The molecule has 1 aromatic rings. The standard InChI is InChI=1S/C14H11F2NO5/c15-14(16)5-6-21-7-10(14)13(20)22-17-11(18)8-3-1-2-4-9(8)12(17)19/h1-4,10H,5-7H2. The molecule has 2 aliphatic heterocycles. The lowest BCUT2D eigenvalue weighted by Crippen LogP contribution is -2.46. The zero-order chi connectivity index (χ0) is 15.9. The highest BCUT2D eigenvalue weighted by atomic mass is 19.3. The average molecular weight is 311 g/mol. The van der Waals surface area contributed by atoms with Crippen LogP contribution in [0.5, 0.6) is 0 Å². The number of ether oxygens (including phenoxy) is 1. The zero-order valence-corrected chi connectivity index (χ0v) is 11.3. The lowest BCUT2D eigenvalue weighted by atomic mass is 9.98. The zero-order valence-electron chi connectivity index (χ0n) is 11.3. The highest BCUT2D eigenvalue weighted by Gasteiger charge is 2.50. The van der Waals surface area contributed by atoms with E-state index in [0.29, 0.717) is 0 Å². The van der Waals surface area contributed by atoms with Gasteiger partial charge in [0.05, 0.1) is 24.3 Å². The van der Waals surface area contributed by atoms with Crippen LogP contribution in [0, 0.1) is 5.92 Å². The summed E-state index contributed by atoms with van der Waals surface area (Å²) in [7, 11) is 0. The van der Waals surface area contributed by atoms with Crippen molar-refractivity contribution < 1.29 is 32.7 Å². The summed E-state index contributed by atoms with van der Waals surface area (Å²) in [6, 6.07) is 5.86. The van der Waals surface area contributed by atoms with Crippen molar-refractivity contribution in [2.75, 3.05) is 13.2 Å². The Bertz CT molecular complexity index is 625. The van der Waals surface area contributed by atoms with Crippen LogP contribution < -0.4 is 0 Å². The molecule has 1 fully saturated rings. The summed E-state index contributed by atoms with van der Waals surface area (Å²) >= 11 is 0. The van der Waals surface area contributed by atoms with Crippen molar-refractivity contribution >= 4 is 17.8 Å². The van der Waals surface area contributed by atoms with Crippen LogP contribution >= 0.6 is 0 Å². The monoisotopic (exact) mass is 311 g/mol. The van der Waals surface area contributed by atoms with Gasteiger partial charge >= 0.3 is 5.97 Å². The molecule has 0 saturated carbocycles. The largest absolute Gasteiger partial charge is 0.380 e. The van der Waals surface area contributed by atoms with Crippen LogP contribution in [-0.2, 0) is 14.4 Å². The Morgan fingerprint density at radius 2 is 1.82 bits per heavy atom. The number of hydrogen-bond donors (Lipinski definition) is 0. The van der Waals surface area contributed by atoms with Gasteiger partial charge in [-0.2, -0.15) is 0 Å². The van der Waals surface area contributed by atoms with Crippen molar-refractivity contribution in [2.24, 2.45) is 5.92 Å². The lowest BCUT2D eigenvalue weighted by Gasteiger charge is -2.29. The number of carbonyl (C=O) groups is 3. The van der Waals surface area contributed by atoms with E-state index in [9.17, 15) is 23.2 Å². The molecule has 3 rings (SSSR count). The minimum absolute atomic E-state index is 0.0620. The molecule has 2 amide bonds. The summed E-state index contributed by atoms with van der Waals surface area (Å²) in [5.74, 6) is -8.21. The first kappa shape index (κ1) is 14.6. The molecule has 0 spiro atoms. The number of rotatable bonds is 2. The van der Waals surface area contributed by atoms with E-state index < -0.39 is 42.7 Å². The number of imide groups is 1. The van der Waals surface area contributed by atoms with Gasteiger partial charge < -0.3 is 9.57 Å². The lowest BCUT2D eigenvalue weighted by molar-refractivity contribution is -0.202. The Kier molecular flexibility index (Phi) is 3.40. The fourth-order valence-corrected chi connectivity index (χ4v) is 2.35. The minimum atomic E-state index is -3.30. The van der Waals surface area contributed by atoms with Gasteiger partial charge in [0.2, 0.25) is 0 Å². The van der Waals surface area contributed by atoms with Crippen molar-refractivity contribution in [3.8, 4) is 0 Å². The minimum Gasteiger partial charge on any atom is -0.380 e. The summed E-state index contributed by atoms with van der Waals surface area (Å²) < 4.78 is 32.2. The molecule has 0 N–H and O–H groups in total. The number of amides is 2. The Balaban J connectivity index is 1.78. The summed E-state index contributed by atoms with van der Waals surface area (Å²) in [5, 5.41) is 0.220. The molecule has 2 heterocycles. The predicted molar refractivity (Wildman–Crippen MR) is 66.9 cm³/mol. The molecular formula is C14H11F2NO5. The molecule has 1 aromatic carbocycles. The average Bonchev–Trinajstić information content (AvgIpc) is 2.72. The van der Waals surface area contributed by atoms with Gasteiger partial charge in [-0.05, 0) is 12.1 Å². The number of benzene rings is 1. The third kappa shape index (κ3) is 2.25. The highest BCUT2D eigenvalue weighted by Crippen LogP contribution is 2.34. The van der Waals surface area contributed by atoms with E-state index in [2.05, 4.69) is 4.84 Å². The van der Waals surface area contributed by atoms with E-state index in [1.807, 2.05) is 0 Å². The van der Waals surface area contributed by atoms with Crippen molar-refractivity contribution in [1.82, 2.24) is 5.06 Å². The second kappa shape index (κ2) is 5.13. The third-order valence-corrected chi connectivity index (χ3v) is 3.60. The molecule has 1 unspecified atom stereocenters. The quantitative estimate of drug-likeness (QED) is 0.772. The third-order valence-electron chi connectivity index (χ3n) is 3.60. The van der Waals surface area contributed by atoms with Crippen molar-refractivity contribution in [1.29, 1.82) is 0 Å². The van der Waals surface area contributed by atoms with E-state index in [4.69, 9.17) is 4.74 Å². The number of nitrogens with zero attached hydrogens (tertiary/aromatic N) is 1. The summed E-state index contributed by atoms with van der Waals surface area (Å²) in [4.78, 5) is 40.5. The van der Waals surface area contributed by atoms with Gasteiger partial charge in [0, 0.05) is 6.42 Å². The number of alkyl halides is 2. The molecule has 22 heavy (non-hydrogen) atoms. The molecule has 2 aliphatic rings. The molecule has 0 radical (unpaired) electrons. The number of fused-ring (bicyclic) bond motifs is 1. The van der Waals surface area contributed by atoms with E-state index in [1.54, 1.807) is 12.1 Å². The Hall–Kier alpha value is -2.35. The first-order valence-electron chi connectivity index (χ1n) is 6.57. The first-order chi connectivity index (χ1) is 10.4. The molecule has 0 bridgehead atoms. The maximum Gasteiger partial charge on any atom is 0.344 e. The molecule has 116 valence electrons. The molecular weight excluding hydrogens is 300 g/mol. The molecule has 1 saturated heterocycles. The Morgan fingerprint density at radius 1 is 1.23 bits per heavy atom. The number of halogens is 2. The Morgan fingerprint density at radius 3 is 2.36 bits per heavy atom. The summed E-state index contributed by atoms with van der Waals surface area (Å²) in [6.45, 7) is -0.682. The van der Waals surface area contributed by atoms with Crippen LogP contribution in [0.15, 0.2) is 24.3 Å². The fourth-order valence-electron chi connectivity index (χ4n) is 2.35. The van der Waals surface area contributed by atoms with Crippen molar-refractivity contribution in [3.05, 3.63) is 35.4 Å². The van der Waals surface area contributed by atoms with E-state index in [1.165, 1.54) is 12.1 Å². The van der Waals surface area contributed by atoms with Gasteiger partial charge in [0.15, 0.2) is 0 Å². The van der Waals surface area contributed by atoms with Gasteiger partial charge in [-0.3, -0.25) is 9.59 Å². The van der Waals surface area contributed by atoms with Gasteiger partial charge in [-0.1, -0.05) is 17.2 Å². The normalized spacial score (nSPS) is 23.4. The second-order valence-electron chi connectivity index (χ2n) is 5.00. The summed E-state index contributed by atoms with van der Waals surface area (Å²) in [6.07, 6.45) is -0.616. The van der Waals surface area contributed by atoms with E-state index in [-0.39, 0.29) is 22.8 Å². The van der Waals surface area contributed by atoms with Gasteiger partial charge in [-0.15, -0.1) is 0 Å². The number of carbonyl (C=O) groups excluding carboxylic acids is 3. The topological polar surface area (TPSA) is 72.9 Å². The van der Waals surface area contributed by atoms with Crippen LogP contribution in [0.3, 0.4) is 0 Å². The number of hydrogen-bond acceptors (Lipinski definition) is 5. The van der Waals surface area contributed by atoms with Crippen LogP contribution in [0.4, 0.5) is 8.78 Å². The predicted octanol–water partition coefficient (Wildman–Crippen LogP) is 1.41. The summed E-state index contributed by atoms with van der Waals surface area (Å²) in [5.41, 5.74) is 0.124.